The minimum Gasteiger partial charge on any atom is -0.466 e. The third-order valence-electron chi connectivity index (χ3n) is 1.44. The molecule has 0 N–H and O–H groups in total. The van der Waals surface area contributed by atoms with Gasteiger partial charge in [0.2, 0.25) is 10.7 Å². The second-order valence-electron chi connectivity index (χ2n) is 2.72. The van der Waals surface area contributed by atoms with Gasteiger partial charge in [0.1, 0.15) is 0 Å². The number of hydrogen-bond acceptors (Lipinski definition) is 4. The van der Waals surface area contributed by atoms with Gasteiger partial charge in [-0.2, -0.15) is 8.78 Å². The van der Waals surface area contributed by atoms with Crippen LogP contribution in [-0.2, 0) is 20.2 Å². The maximum atomic E-state index is 12.4. The molecule has 0 rings (SSSR count). The predicted octanol–water partition coefficient (Wildman–Crippen LogP) is 0.924. The maximum Gasteiger partial charge on any atom is 0.343 e. The first kappa shape index (κ1) is 13.3. The number of alkyl halides is 2. The van der Waals surface area contributed by atoms with Crippen LogP contribution in [0.5, 0.6) is 0 Å². The van der Waals surface area contributed by atoms with E-state index in [9.17, 15) is 22.0 Å². The molecule has 0 spiro atoms. The summed E-state index contributed by atoms with van der Waals surface area (Å²) in [5, 5.41) is -3.65. The smallest absolute Gasteiger partial charge is 0.343 e. The lowest BCUT2D eigenvalue weighted by Gasteiger charge is -2.08. The third-order valence-corrected chi connectivity index (χ3v) is 2.20. The molecule has 0 fully saturated rings. The van der Waals surface area contributed by atoms with Crippen molar-refractivity contribution >= 4 is 16.7 Å². The van der Waals surface area contributed by atoms with Crippen LogP contribution in [0.4, 0.5) is 8.78 Å². The normalized spacial score (nSPS) is 11.7. The Morgan fingerprint density at radius 2 is 1.93 bits per heavy atom. The topological polar surface area (TPSA) is 60.4 Å². The van der Waals surface area contributed by atoms with E-state index < -0.39 is 28.3 Å². The first-order valence-electron chi connectivity index (χ1n) is 4.02. The summed E-state index contributed by atoms with van der Waals surface area (Å²) in [7, 11) is -3.72. The van der Waals surface area contributed by atoms with Crippen molar-refractivity contribution < 1.29 is 26.7 Å². The largest absolute Gasteiger partial charge is 0.466 e. The lowest BCUT2D eigenvalue weighted by molar-refractivity contribution is -0.141. The first-order chi connectivity index (χ1) is 6.36. The van der Waals surface area contributed by atoms with E-state index in [1.807, 2.05) is 0 Å². The van der Waals surface area contributed by atoms with Gasteiger partial charge in [0.05, 0.1) is 6.61 Å². The minimum absolute atomic E-state index is 0.00356. The summed E-state index contributed by atoms with van der Waals surface area (Å²) >= 11 is 0. The summed E-state index contributed by atoms with van der Waals surface area (Å²) < 4.78 is 49.3. The number of thiol groups is 1. The summed E-state index contributed by atoms with van der Waals surface area (Å²) in [6, 6.07) is 0. The van der Waals surface area contributed by atoms with E-state index in [4.69, 9.17) is 0 Å². The van der Waals surface area contributed by atoms with Gasteiger partial charge in [0, 0.05) is 13.3 Å². The highest BCUT2D eigenvalue weighted by molar-refractivity contribution is 7.73. The molecule has 0 bridgehead atoms. The van der Waals surface area contributed by atoms with Gasteiger partial charge < -0.3 is 4.74 Å². The number of rotatable bonds is 6. The van der Waals surface area contributed by atoms with Gasteiger partial charge >= 0.3 is 11.2 Å². The zero-order chi connectivity index (χ0) is 11.2. The van der Waals surface area contributed by atoms with E-state index in [1.54, 1.807) is 0 Å². The van der Waals surface area contributed by atoms with Gasteiger partial charge in [-0.3, -0.25) is 4.79 Å². The Balaban J connectivity index is 3.59. The van der Waals surface area contributed by atoms with Gasteiger partial charge in [0.15, 0.2) is 0 Å². The van der Waals surface area contributed by atoms with Crippen molar-refractivity contribution in [1.82, 2.24) is 0 Å². The molecule has 0 amide bonds. The fourth-order valence-electron chi connectivity index (χ4n) is 0.747. The van der Waals surface area contributed by atoms with E-state index in [-0.39, 0.29) is 19.4 Å². The molecule has 14 heavy (non-hydrogen) atoms. The SMILES string of the molecule is CC(=O)OCCCCC(F)(F)[SH](=O)=O. The summed E-state index contributed by atoms with van der Waals surface area (Å²) in [6.45, 7) is 1.25. The fraction of sp³-hybridized carbons (Fsp3) is 0.857. The van der Waals surface area contributed by atoms with Crippen LogP contribution in [0.1, 0.15) is 26.2 Å². The van der Waals surface area contributed by atoms with E-state index in [0.29, 0.717) is 0 Å². The van der Waals surface area contributed by atoms with Gasteiger partial charge in [-0.05, 0) is 12.8 Å². The summed E-state index contributed by atoms with van der Waals surface area (Å²) in [5.41, 5.74) is 0. The number of halogens is 2. The molecule has 0 aromatic rings. The van der Waals surface area contributed by atoms with Crippen LogP contribution in [0.3, 0.4) is 0 Å². The standard InChI is InChI=1S/C7H12F2O4S/c1-6(10)13-5-3-2-4-7(8,9)14(11)12/h14H,2-5H2,1H3. The van der Waals surface area contributed by atoms with Crippen LogP contribution in [0, 0.1) is 0 Å². The van der Waals surface area contributed by atoms with Crippen molar-refractivity contribution in [1.29, 1.82) is 0 Å². The Bertz CT molecular complexity index is 254. The van der Waals surface area contributed by atoms with Crippen LogP contribution in [0.15, 0.2) is 0 Å². The van der Waals surface area contributed by atoms with Gasteiger partial charge in [-0.15, -0.1) is 0 Å². The van der Waals surface area contributed by atoms with Crippen LogP contribution < -0.4 is 0 Å². The number of ether oxygens (including phenoxy) is 1. The predicted molar refractivity (Wildman–Crippen MR) is 45.7 cm³/mol. The Labute approximate surface area is 82.2 Å². The Hall–Kier alpha value is -0.720. The second kappa shape index (κ2) is 5.90. The highest BCUT2D eigenvalue weighted by atomic mass is 32.2. The Morgan fingerprint density at radius 3 is 2.36 bits per heavy atom. The van der Waals surface area contributed by atoms with Crippen LogP contribution in [0.2, 0.25) is 0 Å². The average Bonchev–Trinajstić information content (AvgIpc) is 2.02. The van der Waals surface area contributed by atoms with Crippen molar-refractivity contribution in [2.75, 3.05) is 6.61 Å². The molecule has 0 aromatic heterocycles. The molecule has 0 heterocycles. The molecule has 0 aliphatic rings. The highest BCUT2D eigenvalue weighted by Gasteiger charge is 2.31. The van der Waals surface area contributed by atoms with E-state index >= 15 is 0 Å². The molecule has 84 valence electrons. The van der Waals surface area contributed by atoms with Gasteiger partial charge in [-0.25, -0.2) is 8.42 Å². The molecule has 0 aliphatic heterocycles. The summed E-state index contributed by atoms with van der Waals surface area (Å²) in [6.07, 6.45) is -0.491. The number of carbonyl (C=O) groups excluding carboxylic acids is 1. The van der Waals surface area contributed by atoms with Crippen LogP contribution in [0.25, 0.3) is 0 Å². The molecular weight excluding hydrogens is 218 g/mol. The molecule has 4 nitrogen and oxygen atoms in total. The lowest BCUT2D eigenvalue weighted by atomic mass is 10.2. The number of unbranched alkanes of at least 4 members (excludes halogenated alkanes) is 1. The molecular formula is C7H12F2O4S. The molecule has 7 heteroatoms. The van der Waals surface area contributed by atoms with E-state index in [1.165, 1.54) is 6.92 Å². The Kier molecular flexibility index (Phi) is 5.59. The lowest BCUT2D eigenvalue weighted by Crippen LogP contribution is -2.17. The summed E-state index contributed by atoms with van der Waals surface area (Å²) in [5.74, 6) is -0.480. The quantitative estimate of drug-likeness (QED) is 0.419. The minimum atomic E-state index is -3.72. The van der Waals surface area contributed by atoms with Gasteiger partial charge in [0.25, 0.3) is 0 Å². The molecule has 0 saturated carbocycles. The maximum absolute atomic E-state index is 12.4. The molecule has 0 unspecified atom stereocenters. The van der Waals surface area contributed by atoms with Crippen molar-refractivity contribution in [3.8, 4) is 0 Å². The first-order valence-corrected chi connectivity index (χ1v) is 5.19. The average molecular weight is 230 g/mol. The highest BCUT2D eigenvalue weighted by Crippen LogP contribution is 2.21. The van der Waals surface area contributed by atoms with Crippen LogP contribution >= 0.6 is 0 Å². The zero-order valence-corrected chi connectivity index (χ0v) is 8.56. The second-order valence-corrected chi connectivity index (χ2v) is 3.89. The van der Waals surface area contributed by atoms with Gasteiger partial charge in [-0.1, -0.05) is 0 Å². The zero-order valence-electron chi connectivity index (χ0n) is 7.66. The third kappa shape index (κ3) is 5.85. The number of carbonyl (C=O) groups is 1. The van der Waals surface area contributed by atoms with Crippen LogP contribution in [-0.4, -0.2) is 26.2 Å². The fourth-order valence-corrected chi connectivity index (χ4v) is 1.09. The molecule has 0 atom stereocenters. The van der Waals surface area contributed by atoms with E-state index in [2.05, 4.69) is 4.74 Å². The monoisotopic (exact) mass is 230 g/mol. The van der Waals surface area contributed by atoms with Crippen molar-refractivity contribution in [2.24, 2.45) is 0 Å². The van der Waals surface area contributed by atoms with Crippen molar-refractivity contribution in [3.63, 3.8) is 0 Å². The van der Waals surface area contributed by atoms with Crippen molar-refractivity contribution in [3.05, 3.63) is 0 Å². The van der Waals surface area contributed by atoms with E-state index in [0.717, 1.165) is 0 Å². The Morgan fingerprint density at radius 1 is 1.36 bits per heavy atom. The molecule has 0 radical (unpaired) electrons. The number of hydrogen-bond donors (Lipinski definition) is 1. The van der Waals surface area contributed by atoms with Crippen molar-refractivity contribution in [2.45, 2.75) is 31.4 Å². The molecule has 0 saturated heterocycles. The summed E-state index contributed by atoms with van der Waals surface area (Å²) in [4.78, 5) is 10.2. The molecule has 0 aliphatic carbocycles. The number of esters is 1. The molecule has 0 aromatic carbocycles.